The maximum Gasteiger partial charge on any atom is 0.0828 e. The lowest BCUT2D eigenvalue weighted by molar-refractivity contribution is 0.0217. The van der Waals surface area contributed by atoms with Gasteiger partial charge >= 0.3 is 0 Å². The smallest absolute Gasteiger partial charge is 0.0828 e. The van der Waals surface area contributed by atoms with E-state index in [1.807, 2.05) is 5.51 Å². The number of ether oxygens (including phenoxy) is 1. The minimum atomic E-state index is 0.374. The molecule has 21 heavy (non-hydrogen) atoms. The number of aromatic nitrogens is 1. The van der Waals surface area contributed by atoms with Crippen LogP contribution in [0.15, 0.2) is 5.51 Å². The molecular formula is C16H27N3OS. The standard InChI is InChI=1S/C16H27N3OS/c1-14-16(21-13-17-14)12-19-8-5-9-20-15(11-19)10-18-6-3-2-4-7-18/h13,15H,2-12H2,1H3/t15-/m1/s1. The zero-order valence-electron chi connectivity index (χ0n) is 13.1. The Morgan fingerprint density at radius 2 is 2.00 bits per heavy atom. The number of piperidine rings is 1. The fourth-order valence-corrected chi connectivity index (χ4v) is 4.15. The highest BCUT2D eigenvalue weighted by Crippen LogP contribution is 2.18. The van der Waals surface area contributed by atoms with Crippen LogP contribution < -0.4 is 0 Å². The molecule has 3 heterocycles. The van der Waals surface area contributed by atoms with Crippen molar-refractivity contribution in [2.75, 3.05) is 39.3 Å². The van der Waals surface area contributed by atoms with Gasteiger partial charge in [0.1, 0.15) is 0 Å². The van der Waals surface area contributed by atoms with Crippen LogP contribution in [0.25, 0.3) is 0 Å². The lowest BCUT2D eigenvalue weighted by atomic mass is 10.1. The van der Waals surface area contributed by atoms with Gasteiger partial charge in [0.05, 0.1) is 17.3 Å². The second-order valence-corrected chi connectivity index (χ2v) is 7.24. The normalized spacial score (nSPS) is 25.9. The molecule has 0 amide bonds. The van der Waals surface area contributed by atoms with E-state index in [-0.39, 0.29) is 0 Å². The Hall–Kier alpha value is -0.490. The minimum absolute atomic E-state index is 0.374. The van der Waals surface area contributed by atoms with Gasteiger partial charge in [0, 0.05) is 37.7 Å². The average molecular weight is 309 g/mol. The Balaban J connectivity index is 1.54. The molecule has 0 bridgehead atoms. The summed E-state index contributed by atoms with van der Waals surface area (Å²) in [5.74, 6) is 0. The molecule has 1 atom stereocenters. The first-order valence-corrected chi connectivity index (χ1v) is 9.14. The molecule has 0 unspecified atom stereocenters. The van der Waals surface area contributed by atoms with Gasteiger partial charge in [0.2, 0.25) is 0 Å². The van der Waals surface area contributed by atoms with Crippen LogP contribution in [0.4, 0.5) is 0 Å². The van der Waals surface area contributed by atoms with E-state index in [1.165, 1.54) is 42.9 Å². The van der Waals surface area contributed by atoms with Gasteiger partial charge in [-0.15, -0.1) is 11.3 Å². The van der Waals surface area contributed by atoms with Gasteiger partial charge in [-0.1, -0.05) is 6.42 Å². The summed E-state index contributed by atoms with van der Waals surface area (Å²) in [6, 6.07) is 0. The lowest BCUT2D eigenvalue weighted by Gasteiger charge is -2.31. The van der Waals surface area contributed by atoms with Crippen molar-refractivity contribution in [1.82, 2.24) is 14.8 Å². The van der Waals surface area contributed by atoms with Crippen LogP contribution in [0, 0.1) is 6.92 Å². The molecule has 0 spiro atoms. The van der Waals surface area contributed by atoms with E-state index in [1.54, 1.807) is 11.3 Å². The van der Waals surface area contributed by atoms with Crippen LogP contribution >= 0.6 is 11.3 Å². The Morgan fingerprint density at radius 3 is 2.76 bits per heavy atom. The molecule has 118 valence electrons. The molecule has 2 aliphatic rings. The van der Waals surface area contributed by atoms with Gasteiger partial charge in [-0.05, 0) is 39.3 Å². The van der Waals surface area contributed by atoms with Crippen molar-refractivity contribution in [2.45, 2.75) is 45.3 Å². The van der Waals surface area contributed by atoms with Crippen LogP contribution in [0.5, 0.6) is 0 Å². The highest BCUT2D eigenvalue weighted by atomic mass is 32.1. The first-order chi connectivity index (χ1) is 10.3. The molecule has 3 rings (SSSR count). The van der Waals surface area contributed by atoms with Crippen LogP contribution in [0.3, 0.4) is 0 Å². The lowest BCUT2D eigenvalue weighted by Crippen LogP contribution is -2.42. The second-order valence-electron chi connectivity index (χ2n) is 6.30. The Kier molecular flexibility index (Phi) is 5.63. The van der Waals surface area contributed by atoms with Crippen LogP contribution in [-0.4, -0.2) is 60.2 Å². The largest absolute Gasteiger partial charge is 0.376 e. The first-order valence-electron chi connectivity index (χ1n) is 8.26. The second kappa shape index (κ2) is 7.68. The molecule has 2 aliphatic heterocycles. The van der Waals surface area contributed by atoms with Crippen molar-refractivity contribution in [2.24, 2.45) is 0 Å². The van der Waals surface area contributed by atoms with Crippen molar-refractivity contribution < 1.29 is 4.74 Å². The maximum absolute atomic E-state index is 6.09. The Labute approximate surface area is 132 Å². The monoisotopic (exact) mass is 309 g/mol. The van der Waals surface area contributed by atoms with Crippen molar-refractivity contribution in [1.29, 1.82) is 0 Å². The summed E-state index contributed by atoms with van der Waals surface area (Å²) < 4.78 is 6.09. The molecule has 2 saturated heterocycles. The molecule has 0 saturated carbocycles. The van der Waals surface area contributed by atoms with E-state index < -0.39 is 0 Å². The van der Waals surface area contributed by atoms with E-state index in [2.05, 4.69) is 21.7 Å². The minimum Gasteiger partial charge on any atom is -0.376 e. The summed E-state index contributed by atoms with van der Waals surface area (Å²) >= 11 is 1.78. The number of thiazole rings is 1. The fraction of sp³-hybridized carbons (Fsp3) is 0.812. The zero-order chi connectivity index (χ0) is 14.5. The predicted octanol–water partition coefficient (Wildman–Crippen LogP) is 2.53. The molecule has 0 radical (unpaired) electrons. The summed E-state index contributed by atoms with van der Waals surface area (Å²) in [7, 11) is 0. The summed E-state index contributed by atoms with van der Waals surface area (Å²) in [5, 5.41) is 0. The molecule has 0 aliphatic carbocycles. The van der Waals surface area contributed by atoms with Gasteiger partial charge in [-0.25, -0.2) is 4.98 Å². The van der Waals surface area contributed by atoms with Gasteiger partial charge in [-0.3, -0.25) is 4.90 Å². The third-order valence-corrected chi connectivity index (χ3v) is 5.48. The summed E-state index contributed by atoms with van der Waals surface area (Å²) in [4.78, 5) is 10.9. The number of hydrogen-bond donors (Lipinski definition) is 0. The topological polar surface area (TPSA) is 28.6 Å². The zero-order valence-corrected chi connectivity index (χ0v) is 13.9. The van der Waals surface area contributed by atoms with Gasteiger partial charge in [-0.2, -0.15) is 0 Å². The molecular weight excluding hydrogens is 282 g/mol. The molecule has 1 aromatic rings. The quantitative estimate of drug-likeness (QED) is 0.854. The number of rotatable bonds is 4. The van der Waals surface area contributed by atoms with Crippen LogP contribution in [0.2, 0.25) is 0 Å². The van der Waals surface area contributed by atoms with Crippen molar-refractivity contribution in [3.63, 3.8) is 0 Å². The third kappa shape index (κ3) is 4.49. The number of likely N-dealkylation sites (tertiary alicyclic amines) is 1. The average Bonchev–Trinajstić information content (AvgIpc) is 2.76. The van der Waals surface area contributed by atoms with Gasteiger partial charge in [0.15, 0.2) is 0 Å². The molecule has 1 aromatic heterocycles. The number of hydrogen-bond acceptors (Lipinski definition) is 5. The van der Waals surface area contributed by atoms with E-state index in [0.29, 0.717) is 6.10 Å². The fourth-order valence-electron chi connectivity index (χ4n) is 3.34. The van der Waals surface area contributed by atoms with Crippen LogP contribution in [-0.2, 0) is 11.3 Å². The third-order valence-electron chi connectivity index (χ3n) is 4.56. The van der Waals surface area contributed by atoms with Gasteiger partial charge < -0.3 is 9.64 Å². The molecule has 0 aromatic carbocycles. The summed E-state index contributed by atoms with van der Waals surface area (Å²) in [5.41, 5.74) is 3.15. The number of aryl methyl sites for hydroxylation is 1. The maximum atomic E-state index is 6.09. The SMILES string of the molecule is Cc1ncsc1CN1CCCO[C@H](CN2CCCCC2)C1. The Bertz CT molecular complexity index is 431. The van der Waals surface area contributed by atoms with Crippen LogP contribution in [0.1, 0.15) is 36.3 Å². The first kappa shape index (κ1) is 15.4. The summed E-state index contributed by atoms with van der Waals surface area (Å²) in [6.45, 7) is 9.90. The van der Waals surface area contributed by atoms with Crippen molar-refractivity contribution in [3.8, 4) is 0 Å². The van der Waals surface area contributed by atoms with Gasteiger partial charge in [0.25, 0.3) is 0 Å². The van der Waals surface area contributed by atoms with E-state index in [4.69, 9.17) is 4.74 Å². The summed E-state index contributed by atoms with van der Waals surface area (Å²) in [6.07, 6.45) is 5.64. The molecule has 2 fully saturated rings. The van der Waals surface area contributed by atoms with E-state index >= 15 is 0 Å². The highest BCUT2D eigenvalue weighted by molar-refractivity contribution is 7.09. The van der Waals surface area contributed by atoms with Crippen molar-refractivity contribution >= 4 is 11.3 Å². The Morgan fingerprint density at radius 1 is 1.19 bits per heavy atom. The van der Waals surface area contributed by atoms with E-state index in [9.17, 15) is 0 Å². The van der Waals surface area contributed by atoms with Crippen molar-refractivity contribution in [3.05, 3.63) is 16.1 Å². The van der Waals surface area contributed by atoms with E-state index in [0.717, 1.165) is 39.2 Å². The molecule has 4 nitrogen and oxygen atoms in total. The molecule has 0 N–H and O–H groups in total. The number of nitrogens with zero attached hydrogens (tertiary/aromatic N) is 3. The predicted molar refractivity (Wildman–Crippen MR) is 86.8 cm³/mol. The molecule has 5 heteroatoms. The highest BCUT2D eigenvalue weighted by Gasteiger charge is 2.22.